The molecule has 0 saturated heterocycles. The molecule has 30 heavy (non-hydrogen) atoms. The van der Waals surface area contributed by atoms with E-state index in [0.717, 1.165) is 17.1 Å². The maximum atomic E-state index is 13.0. The summed E-state index contributed by atoms with van der Waals surface area (Å²) in [5.74, 6) is 2.41. The van der Waals surface area contributed by atoms with Crippen molar-refractivity contribution < 1.29 is 13.6 Å². The number of carbonyl (C=O) groups excluding carboxylic acids is 1. The molecule has 4 aromatic heterocycles. The van der Waals surface area contributed by atoms with Crippen LogP contribution in [0.4, 0.5) is 0 Å². The van der Waals surface area contributed by atoms with Gasteiger partial charge in [-0.3, -0.25) is 9.36 Å². The van der Waals surface area contributed by atoms with Gasteiger partial charge in [0.2, 0.25) is 5.82 Å². The minimum atomic E-state index is 0.0477. The van der Waals surface area contributed by atoms with Crippen molar-refractivity contribution in [3.63, 3.8) is 0 Å². The molecule has 154 valence electrons. The molecule has 0 N–H and O–H groups in total. The van der Waals surface area contributed by atoms with Gasteiger partial charge in [0.1, 0.15) is 5.76 Å². The molecule has 4 rings (SSSR count). The zero-order valence-electron chi connectivity index (χ0n) is 16.9. The van der Waals surface area contributed by atoms with Gasteiger partial charge < -0.3 is 13.4 Å². The Morgan fingerprint density at radius 3 is 2.67 bits per heavy atom. The van der Waals surface area contributed by atoms with Crippen molar-refractivity contribution in [1.29, 1.82) is 0 Å². The maximum Gasteiger partial charge on any atom is 0.200 e. The van der Waals surface area contributed by atoms with Gasteiger partial charge in [0.25, 0.3) is 0 Å². The summed E-state index contributed by atoms with van der Waals surface area (Å²) >= 11 is 1.36. The number of hydrogen-bond acceptors (Lipinski definition) is 6. The first-order chi connectivity index (χ1) is 14.6. The number of furan rings is 2. The van der Waals surface area contributed by atoms with Crippen LogP contribution in [-0.2, 0) is 13.1 Å². The van der Waals surface area contributed by atoms with Gasteiger partial charge in [-0.05, 0) is 44.2 Å². The second-order valence-electron chi connectivity index (χ2n) is 6.84. The predicted octanol–water partition coefficient (Wildman–Crippen LogP) is 4.76. The van der Waals surface area contributed by atoms with E-state index in [9.17, 15) is 4.79 Å². The Balaban J connectivity index is 1.51. The van der Waals surface area contributed by atoms with Crippen molar-refractivity contribution in [2.45, 2.75) is 32.1 Å². The lowest BCUT2D eigenvalue weighted by atomic mass is 10.2. The van der Waals surface area contributed by atoms with Crippen LogP contribution in [0.25, 0.3) is 11.6 Å². The molecule has 0 bridgehead atoms. The van der Waals surface area contributed by atoms with Crippen LogP contribution in [0.2, 0.25) is 0 Å². The third-order valence-corrected chi connectivity index (χ3v) is 5.84. The van der Waals surface area contributed by atoms with Crippen LogP contribution in [0.5, 0.6) is 0 Å². The molecule has 0 spiro atoms. The summed E-state index contributed by atoms with van der Waals surface area (Å²) in [7, 11) is 0. The minimum absolute atomic E-state index is 0.0477. The van der Waals surface area contributed by atoms with Gasteiger partial charge in [0.05, 0.1) is 24.8 Å². The van der Waals surface area contributed by atoms with Gasteiger partial charge in [0, 0.05) is 23.5 Å². The molecule has 4 heterocycles. The molecule has 0 aliphatic rings. The van der Waals surface area contributed by atoms with E-state index < -0.39 is 0 Å². The molecule has 8 heteroatoms. The quantitative estimate of drug-likeness (QED) is 0.220. The van der Waals surface area contributed by atoms with Crippen molar-refractivity contribution in [3.8, 4) is 11.6 Å². The Kier molecular flexibility index (Phi) is 5.76. The fourth-order valence-electron chi connectivity index (χ4n) is 3.37. The molecular weight excluding hydrogens is 400 g/mol. The molecule has 0 aliphatic heterocycles. The third-order valence-electron chi connectivity index (χ3n) is 4.87. The maximum absolute atomic E-state index is 13.0. The van der Waals surface area contributed by atoms with Crippen LogP contribution in [0.1, 0.15) is 27.5 Å². The Morgan fingerprint density at radius 1 is 1.17 bits per heavy atom. The molecule has 0 aromatic carbocycles. The normalized spacial score (nSPS) is 11.1. The second-order valence-corrected chi connectivity index (χ2v) is 7.79. The standard InChI is InChI=1S/C22H22N4O3S/c1-4-9-25-21(20-8-6-11-29-20)23-24-22(25)30-14-19(27)18-12-15(2)26(16(18)3)13-17-7-5-10-28-17/h4-8,10-12H,1,9,13-14H2,2-3H3. The number of carbonyl (C=O) groups is 1. The SMILES string of the molecule is C=CCn1c(SCC(=O)c2cc(C)n(Cc3ccco3)c2C)nnc1-c1ccco1. The highest BCUT2D eigenvalue weighted by atomic mass is 32.2. The number of Topliss-reactive ketones (excluding diaryl/α,β-unsaturated/α-hetero) is 1. The lowest BCUT2D eigenvalue weighted by Crippen LogP contribution is -2.08. The first-order valence-corrected chi connectivity index (χ1v) is 10.5. The molecule has 7 nitrogen and oxygen atoms in total. The van der Waals surface area contributed by atoms with Crippen molar-refractivity contribution in [1.82, 2.24) is 19.3 Å². The molecule has 4 aromatic rings. The second kappa shape index (κ2) is 8.62. The van der Waals surface area contributed by atoms with Gasteiger partial charge in [0.15, 0.2) is 16.7 Å². The zero-order valence-corrected chi connectivity index (χ0v) is 17.7. The molecule has 0 radical (unpaired) electrons. The van der Waals surface area contributed by atoms with Gasteiger partial charge in [-0.2, -0.15) is 0 Å². The number of rotatable bonds is 9. The number of allylic oxidation sites excluding steroid dienone is 1. The van der Waals surface area contributed by atoms with Crippen LogP contribution in [0.3, 0.4) is 0 Å². The van der Waals surface area contributed by atoms with Crippen molar-refractivity contribution in [2.75, 3.05) is 5.75 Å². The number of aryl methyl sites for hydroxylation is 1. The predicted molar refractivity (Wildman–Crippen MR) is 115 cm³/mol. The summed E-state index contributed by atoms with van der Waals surface area (Å²) < 4.78 is 14.9. The molecule has 0 fully saturated rings. The highest BCUT2D eigenvalue weighted by molar-refractivity contribution is 7.99. The number of aromatic nitrogens is 4. The highest BCUT2D eigenvalue weighted by Gasteiger charge is 2.20. The summed E-state index contributed by atoms with van der Waals surface area (Å²) in [5, 5.41) is 9.13. The summed E-state index contributed by atoms with van der Waals surface area (Å²) in [6.07, 6.45) is 5.02. The van der Waals surface area contributed by atoms with Crippen LogP contribution < -0.4 is 0 Å². The zero-order chi connectivity index (χ0) is 21.1. The van der Waals surface area contributed by atoms with E-state index in [1.165, 1.54) is 11.8 Å². The van der Waals surface area contributed by atoms with E-state index >= 15 is 0 Å². The van der Waals surface area contributed by atoms with E-state index in [2.05, 4.69) is 21.3 Å². The van der Waals surface area contributed by atoms with E-state index in [1.807, 2.05) is 42.7 Å². The fourth-order valence-corrected chi connectivity index (χ4v) is 4.20. The highest BCUT2D eigenvalue weighted by Crippen LogP contribution is 2.26. The van der Waals surface area contributed by atoms with Gasteiger partial charge in [-0.15, -0.1) is 16.8 Å². The van der Waals surface area contributed by atoms with E-state index in [-0.39, 0.29) is 11.5 Å². The van der Waals surface area contributed by atoms with Crippen LogP contribution in [-0.4, -0.2) is 30.9 Å². The minimum Gasteiger partial charge on any atom is -0.467 e. The average molecular weight is 423 g/mol. The Hall–Kier alpha value is -3.26. The molecule has 0 amide bonds. The number of thioether (sulfide) groups is 1. The number of ketones is 1. The number of hydrogen-bond donors (Lipinski definition) is 0. The summed E-state index contributed by atoms with van der Waals surface area (Å²) in [4.78, 5) is 13.0. The van der Waals surface area contributed by atoms with Crippen molar-refractivity contribution >= 4 is 17.5 Å². The average Bonchev–Trinajstić information content (AvgIpc) is 3.52. The molecule has 0 atom stereocenters. The van der Waals surface area contributed by atoms with Gasteiger partial charge in [-0.1, -0.05) is 17.8 Å². The van der Waals surface area contributed by atoms with Crippen molar-refractivity contribution in [2.24, 2.45) is 0 Å². The van der Waals surface area contributed by atoms with Gasteiger partial charge in [-0.25, -0.2) is 0 Å². The first kappa shape index (κ1) is 20.0. The van der Waals surface area contributed by atoms with Gasteiger partial charge >= 0.3 is 0 Å². The summed E-state index contributed by atoms with van der Waals surface area (Å²) in [6.45, 7) is 8.89. The Labute approximate surface area is 178 Å². The largest absolute Gasteiger partial charge is 0.467 e. The topological polar surface area (TPSA) is 79.0 Å². The lowest BCUT2D eigenvalue weighted by Gasteiger charge is -2.08. The van der Waals surface area contributed by atoms with E-state index in [1.54, 1.807) is 24.7 Å². The Bertz CT molecular complexity index is 1150. The van der Waals surface area contributed by atoms with E-state index in [0.29, 0.717) is 35.4 Å². The van der Waals surface area contributed by atoms with Crippen molar-refractivity contribution in [3.05, 3.63) is 78.2 Å². The monoisotopic (exact) mass is 422 g/mol. The lowest BCUT2D eigenvalue weighted by molar-refractivity contribution is 0.102. The Morgan fingerprint density at radius 2 is 1.97 bits per heavy atom. The third kappa shape index (κ3) is 3.91. The first-order valence-electron chi connectivity index (χ1n) is 9.51. The smallest absolute Gasteiger partial charge is 0.200 e. The molecular formula is C22H22N4O3S. The van der Waals surface area contributed by atoms with Crippen LogP contribution in [0, 0.1) is 13.8 Å². The summed E-state index contributed by atoms with van der Waals surface area (Å²) in [6, 6.07) is 9.36. The number of nitrogens with zero attached hydrogens (tertiary/aromatic N) is 4. The molecule has 0 aliphatic carbocycles. The summed E-state index contributed by atoms with van der Waals surface area (Å²) in [5.41, 5.74) is 2.66. The molecule has 0 unspecified atom stereocenters. The van der Waals surface area contributed by atoms with E-state index in [4.69, 9.17) is 8.83 Å². The fraction of sp³-hybridized carbons (Fsp3) is 0.227. The van der Waals surface area contributed by atoms with Crippen LogP contribution in [0.15, 0.2) is 69.5 Å². The molecule has 0 saturated carbocycles. The van der Waals surface area contributed by atoms with Crippen LogP contribution >= 0.6 is 11.8 Å².